The molecule has 0 amide bonds. The number of hydrogen-bond acceptors (Lipinski definition) is 2. The quantitative estimate of drug-likeness (QED) is 0.826. The zero-order valence-corrected chi connectivity index (χ0v) is 11.0. The van der Waals surface area contributed by atoms with Crippen molar-refractivity contribution >= 4 is 12.4 Å². The summed E-state index contributed by atoms with van der Waals surface area (Å²) in [6.07, 6.45) is -12.7. The van der Waals surface area contributed by atoms with Crippen LogP contribution in [0.15, 0.2) is 18.2 Å². The number of aliphatic hydroxyl groups is 1. The van der Waals surface area contributed by atoms with Crippen molar-refractivity contribution in [3.8, 4) is 0 Å². The molecule has 0 radical (unpaired) electrons. The molecule has 3 N–H and O–H groups in total. The molecule has 21 heavy (non-hydrogen) atoms. The second kappa shape index (κ2) is 6.80. The van der Waals surface area contributed by atoms with Crippen LogP contribution in [0.5, 0.6) is 0 Å². The molecule has 0 aliphatic rings. The van der Waals surface area contributed by atoms with Gasteiger partial charge in [-0.3, -0.25) is 0 Å². The van der Waals surface area contributed by atoms with Crippen LogP contribution in [0, 0.1) is 5.82 Å². The summed E-state index contributed by atoms with van der Waals surface area (Å²) < 4.78 is 86.8. The summed E-state index contributed by atoms with van der Waals surface area (Å²) in [5.74, 6) is -1.58. The van der Waals surface area contributed by atoms with Crippen LogP contribution in [0.1, 0.15) is 23.7 Å². The minimum Gasteiger partial charge on any atom is -0.388 e. The second-order valence-electron chi connectivity index (χ2n) is 4.14. The fourth-order valence-corrected chi connectivity index (χ4v) is 1.48. The first kappa shape index (κ1) is 19.9. The zero-order chi connectivity index (χ0) is 15.7. The Morgan fingerprint density at radius 1 is 1.10 bits per heavy atom. The molecular weight excluding hydrogens is 331 g/mol. The molecule has 122 valence electrons. The number of hydrogen-bond donors (Lipinski definition) is 2. The molecule has 0 aromatic heterocycles. The van der Waals surface area contributed by atoms with Gasteiger partial charge >= 0.3 is 12.4 Å². The van der Waals surface area contributed by atoms with Crippen molar-refractivity contribution in [1.82, 2.24) is 0 Å². The minimum atomic E-state index is -5.01. The lowest BCUT2D eigenvalue weighted by Crippen LogP contribution is -2.38. The lowest BCUT2D eigenvalue weighted by molar-refractivity contribution is -0.154. The first-order chi connectivity index (χ1) is 8.93. The molecule has 0 saturated heterocycles. The van der Waals surface area contributed by atoms with Gasteiger partial charge in [0.15, 0.2) is 0 Å². The van der Waals surface area contributed by atoms with Gasteiger partial charge in [0, 0.05) is 6.42 Å². The van der Waals surface area contributed by atoms with E-state index >= 15 is 0 Å². The summed E-state index contributed by atoms with van der Waals surface area (Å²) in [5, 5.41) is 9.47. The fourth-order valence-electron chi connectivity index (χ4n) is 1.48. The van der Waals surface area contributed by atoms with Crippen molar-refractivity contribution in [2.45, 2.75) is 30.9 Å². The van der Waals surface area contributed by atoms with Crippen molar-refractivity contribution in [1.29, 1.82) is 0 Å². The third-order valence-corrected chi connectivity index (χ3v) is 2.58. The number of aliphatic hydroxyl groups excluding tert-OH is 1. The van der Waals surface area contributed by atoms with E-state index in [1.54, 1.807) is 0 Å². The average molecular weight is 342 g/mol. The molecule has 1 rings (SSSR count). The van der Waals surface area contributed by atoms with Crippen LogP contribution in [0.4, 0.5) is 30.7 Å². The Hall–Kier alpha value is -1.06. The Bertz CT molecular complexity index is 475. The Kier molecular flexibility index (Phi) is 6.46. The van der Waals surface area contributed by atoms with E-state index in [0.717, 1.165) is 6.07 Å². The number of alkyl halides is 6. The molecule has 1 aromatic rings. The molecule has 0 aliphatic carbocycles. The maximum Gasteiger partial charge on any atom is 0.419 e. The van der Waals surface area contributed by atoms with Crippen LogP contribution in [0.25, 0.3) is 0 Å². The minimum absolute atomic E-state index is 0. The average Bonchev–Trinajstić information content (AvgIpc) is 2.26. The molecule has 0 spiro atoms. The molecule has 2 nitrogen and oxygen atoms in total. The van der Waals surface area contributed by atoms with E-state index in [9.17, 15) is 35.8 Å². The lowest BCUT2D eigenvalue weighted by atomic mass is 10.00. The number of rotatable bonds is 3. The smallest absolute Gasteiger partial charge is 0.388 e. The zero-order valence-electron chi connectivity index (χ0n) is 10.2. The largest absolute Gasteiger partial charge is 0.419 e. The highest BCUT2D eigenvalue weighted by Crippen LogP contribution is 2.34. The number of nitrogens with two attached hydrogens (primary N) is 1. The molecule has 1 aromatic carbocycles. The second-order valence-corrected chi connectivity index (χ2v) is 4.14. The molecule has 2 atom stereocenters. The number of benzene rings is 1. The van der Waals surface area contributed by atoms with Gasteiger partial charge in [-0.1, -0.05) is 6.07 Å². The van der Waals surface area contributed by atoms with Crippen LogP contribution in [-0.4, -0.2) is 17.3 Å². The first-order valence-electron chi connectivity index (χ1n) is 5.30. The van der Waals surface area contributed by atoms with Gasteiger partial charge in [-0.15, -0.1) is 12.4 Å². The van der Waals surface area contributed by atoms with Crippen molar-refractivity contribution < 1.29 is 35.8 Å². The summed E-state index contributed by atoms with van der Waals surface area (Å²) in [5.41, 5.74) is 2.62. The Morgan fingerprint density at radius 2 is 1.62 bits per heavy atom. The predicted octanol–water partition coefficient (Wildman–Crippen LogP) is 3.58. The van der Waals surface area contributed by atoms with Gasteiger partial charge in [-0.05, 0) is 17.7 Å². The van der Waals surface area contributed by atoms with Crippen molar-refractivity contribution in [3.05, 3.63) is 35.1 Å². The Morgan fingerprint density at radius 3 is 2.05 bits per heavy atom. The van der Waals surface area contributed by atoms with Crippen LogP contribution in [0.2, 0.25) is 0 Å². The first-order valence-corrected chi connectivity index (χ1v) is 5.30. The van der Waals surface area contributed by atoms with E-state index in [-0.39, 0.29) is 18.5 Å². The summed E-state index contributed by atoms with van der Waals surface area (Å²) in [6.45, 7) is 0. The molecule has 0 heterocycles. The highest BCUT2D eigenvalue weighted by Gasteiger charge is 2.39. The van der Waals surface area contributed by atoms with Crippen molar-refractivity contribution in [3.63, 3.8) is 0 Å². The third-order valence-electron chi connectivity index (χ3n) is 2.58. The van der Waals surface area contributed by atoms with Gasteiger partial charge in [0.25, 0.3) is 0 Å². The summed E-state index contributed by atoms with van der Waals surface area (Å²) in [6, 6.07) is -0.918. The summed E-state index contributed by atoms with van der Waals surface area (Å²) in [7, 11) is 0. The molecule has 0 unspecified atom stereocenters. The highest BCUT2D eigenvalue weighted by atomic mass is 35.5. The van der Waals surface area contributed by atoms with Crippen LogP contribution >= 0.6 is 12.4 Å². The molecular formula is C11H11ClF7NO. The van der Waals surface area contributed by atoms with E-state index in [1.807, 2.05) is 0 Å². The van der Waals surface area contributed by atoms with E-state index in [4.69, 9.17) is 5.73 Å². The maximum absolute atomic E-state index is 13.0. The van der Waals surface area contributed by atoms with Crippen molar-refractivity contribution in [2.24, 2.45) is 5.73 Å². The van der Waals surface area contributed by atoms with Gasteiger partial charge in [-0.25, -0.2) is 4.39 Å². The van der Waals surface area contributed by atoms with E-state index < -0.39 is 47.9 Å². The van der Waals surface area contributed by atoms with Crippen LogP contribution in [0.3, 0.4) is 0 Å². The number of halogens is 8. The van der Waals surface area contributed by atoms with E-state index in [2.05, 4.69) is 0 Å². The lowest BCUT2D eigenvalue weighted by Gasteiger charge is -2.20. The molecule has 0 fully saturated rings. The maximum atomic E-state index is 13.0. The van der Waals surface area contributed by atoms with Crippen molar-refractivity contribution in [2.75, 3.05) is 0 Å². The normalized spacial score (nSPS) is 15.3. The highest BCUT2D eigenvalue weighted by molar-refractivity contribution is 5.85. The van der Waals surface area contributed by atoms with Gasteiger partial charge < -0.3 is 10.8 Å². The van der Waals surface area contributed by atoms with Gasteiger partial charge in [0.05, 0.1) is 11.7 Å². The van der Waals surface area contributed by atoms with Crippen LogP contribution < -0.4 is 5.73 Å². The predicted molar refractivity (Wildman–Crippen MR) is 62.3 cm³/mol. The van der Waals surface area contributed by atoms with Gasteiger partial charge in [-0.2, -0.15) is 26.3 Å². The molecule has 10 heteroatoms. The standard InChI is InChI=1S/C11H10F7NO.ClH/c12-7-2-1-5(3-6(7)10(13,14)15)8(20)4-9(19)11(16,17)18;/h1-3,8-9,20H,4,19H2;1H/t8-,9-;/m0./s1. The Balaban J connectivity index is 0.00000400. The van der Waals surface area contributed by atoms with E-state index in [0.29, 0.717) is 6.07 Å². The van der Waals surface area contributed by atoms with E-state index in [1.165, 1.54) is 0 Å². The van der Waals surface area contributed by atoms with Crippen LogP contribution in [-0.2, 0) is 6.18 Å². The molecule has 0 saturated carbocycles. The summed E-state index contributed by atoms with van der Waals surface area (Å²) in [4.78, 5) is 0. The summed E-state index contributed by atoms with van der Waals surface area (Å²) >= 11 is 0. The SMILES string of the molecule is Cl.N[C@@H](C[C@H](O)c1ccc(F)c(C(F)(F)F)c1)C(F)(F)F. The van der Waals surface area contributed by atoms with Gasteiger partial charge in [0.1, 0.15) is 11.9 Å². The monoisotopic (exact) mass is 341 g/mol. The Labute approximate surface area is 121 Å². The molecule has 0 bridgehead atoms. The third kappa shape index (κ3) is 5.33. The fraction of sp³-hybridized carbons (Fsp3) is 0.455. The molecule has 0 aliphatic heterocycles. The topological polar surface area (TPSA) is 46.2 Å². The van der Waals surface area contributed by atoms with Gasteiger partial charge in [0.2, 0.25) is 0 Å².